The lowest BCUT2D eigenvalue weighted by atomic mass is 10.1. The summed E-state index contributed by atoms with van der Waals surface area (Å²) in [6.07, 6.45) is 0. The van der Waals surface area contributed by atoms with Crippen molar-refractivity contribution in [3.05, 3.63) is 64.6 Å². The molecule has 0 radical (unpaired) electrons. The van der Waals surface area contributed by atoms with Crippen LogP contribution in [0.15, 0.2) is 57.7 Å². The van der Waals surface area contributed by atoms with Crippen LogP contribution < -0.4 is 5.43 Å². The molecule has 0 aliphatic carbocycles. The first-order valence-electron chi connectivity index (χ1n) is 6.70. The van der Waals surface area contributed by atoms with E-state index < -0.39 is 0 Å². The molecule has 2 aromatic heterocycles. The van der Waals surface area contributed by atoms with Crippen LogP contribution in [0.5, 0.6) is 0 Å². The Hall–Kier alpha value is -2.88. The minimum absolute atomic E-state index is 0.0345. The molecule has 1 N–H and O–H groups in total. The number of hydrogen-bond acceptors (Lipinski definition) is 3. The van der Waals surface area contributed by atoms with E-state index in [2.05, 4.69) is 9.97 Å². The highest BCUT2D eigenvalue weighted by Gasteiger charge is 2.08. The van der Waals surface area contributed by atoms with E-state index in [1.54, 1.807) is 12.1 Å². The molecule has 2 heterocycles. The Balaban J connectivity index is 1.97. The molecule has 0 aliphatic rings. The number of aryl methyl sites for hydroxylation is 1. The van der Waals surface area contributed by atoms with Gasteiger partial charge >= 0.3 is 0 Å². The van der Waals surface area contributed by atoms with E-state index in [0.29, 0.717) is 16.7 Å². The molecule has 4 nitrogen and oxygen atoms in total. The van der Waals surface area contributed by atoms with Crippen molar-refractivity contribution in [1.82, 2.24) is 9.97 Å². The summed E-state index contributed by atoms with van der Waals surface area (Å²) in [5.74, 6) is 1.43. The predicted molar refractivity (Wildman–Crippen MR) is 82.3 cm³/mol. The van der Waals surface area contributed by atoms with Crippen molar-refractivity contribution in [2.24, 2.45) is 0 Å². The maximum Gasteiger partial charge on any atom is 0.193 e. The first kappa shape index (κ1) is 11.9. The topological polar surface area (TPSA) is 58.9 Å². The van der Waals surface area contributed by atoms with Crippen LogP contribution in [0.2, 0.25) is 0 Å². The summed E-state index contributed by atoms with van der Waals surface area (Å²) >= 11 is 0. The zero-order valence-electron chi connectivity index (χ0n) is 11.4. The van der Waals surface area contributed by atoms with Crippen molar-refractivity contribution in [2.45, 2.75) is 6.92 Å². The van der Waals surface area contributed by atoms with Gasteiger partial charge in [-0.15, -0.1) is 0 Å². The fourth-order valence-corrected chi connectivity index (χ4v) is 2.54. The van der Waals surface area contributed by atoms with Gasteiger partial charge in [-0.25, -0.2) is 4.98 Å². The molecule has 4 rings (SSSR count). The number of nitrogens with zero attached hydrogens (tertiary/aromatic N) is 1. The second-order valence-electron chi connectivity index (χ2n) is 5.03. The maximum absolute atomic E-state index is 12.2. The van der Waals surface area contributed by atoms with Crippen LogP contribution in [-0.4, -0.2) is 9.97 Å². The number of aromatic nitrogens is 2. The average Bonchev–Trinajstić information content (AvgIpc) is 2.86. The van der Waals surface area contributed by atoms with E-state index in [9.17, 15) is 4.79 Å². The van der Waals surface area contributed by atoms with Crippen molar-refractivity contribution in [3.63, 3.8) is 0 Å². The molecule has 0 unspecified atom stereocenters. The van der Waals surface area contributed by atoms with E-state index in [-0.39, 0.29) is 5.43 Å². The van der Waals surface area contributed by atoms with Gasteiger partial charge < -0.3 is 9.40 Å². The Morgan fingerprint density at radius 2 is 1.95 bits per heavy atom. The molecule has 0 saturated carbocycles. The lowest BCUT2D eigenvalue weighted by molar-refractivity contribution is 0.619. The zero-order chi connectivity index (χ0) is 14.4. The number of H-pyrrole nitrogens is 1. The first-order chi connectivity index (χ1) is 10.2. The Kier molecular flexibility index (Phi) is 2.44. The zero-order valence-corrected chi connectivity index (χ0v) is 11.4. The molecule has 0 aliphatic heterocycles. The Labute approximate surface area is 120 Å². The summed E-state index contributed by atoms with van der Waals surface area (Å²) in [7, 11) is 0. The quantitative estimate of drug-likeness (QED) is 0.577. The van der Waals surface area contributed by atoms with E-state index in [1.807, 2.05) is 37.3 Å². The Bertz CT molecular complexity index is 1030. The summed E-state index contributed by atoms with van der Waals surface area (Å²) in [6.45, 7) is 1.91. The minimum atomic E-state index is -0.0345. The Morgan fingerprint density at radius 1 is 1.10 bits per heavy atom. The first-order valence-corrected chi connectivity index (χ1v) is 6.70. The van der Waals surface area contributed by atoms with Crippen molar-refractivity contribution >= 4 is 22.0 Å². The lowest BCUT2D eigenvalue weighted by Gasteiger charge is -2.03. The summed E-state index contributed by atoms with van der Waals surface area (Å²) < 4.78 is 5.85. The van der Waals surface area contributed by atoms with Gasteiger partial charge in [-0.1, -0.05) is 12.1 Å². The molecule has 2 aromatic carbocycles. The van der Waals surface area contributed by atoms with Crippen LogP contribution >= 0.6 is 0 Å². The van der Waals surface area contributed by atoms with Crippen LogP contribution in [0.3, 0.4) is 0 Å². The summed E-state index contributed by atoms with van der Waals surface area (Å²) in [4.78, 5) is 19.7. The largest absolute Gasteiger partial charge is 0.456 e. The lowest BCUT2D eigenvalue weighted by Crippen LogP contribution is -1.99. The molecule has 4 heteroatoms. The van der Waals surface area contributed by atoms with Crippen LogP contribution in [-0.2, 0) is 0 Å². The summed E-state index contributed by atoms with van der Waals surface area (Å²) in [5.41, 5.74) is 3.25. The van der Waals surface area contributed by atoms with Gasteiger partial charge in [-0.05, 0) is 37.3 Å². The molecule has 4 aromatic rings. The van der Waals surface area contributed by atoms with Crippen molar-refractivity contribution in [3.8, 4) is 11.3 Å². The molecule has 0 saturated heterocycles. The SMILES string of the molecule is Cc1nc2ccc(-c3cc(=O)c4ccccc4o3)cc2[nH]1. The third-order valence-corrected chi connectivity index (χ3v) is 3.52. The average molecular weight is 276 g/mol. The number of aromatic amines is 1. The molecule has 21 heavy (non-hydrogen) atoms. The predicted octanol–water partition coefficient (Wildman–Crippen LogP) is 3.64. The van der Waals surface area contributed by atoms with E-state index in [4.69, 9.17) is 4.42 Å². The molecular formula is C17H12N2O2. The standard InChI is InChI=1S/C17H12N2O2/c1-10-18-13-7-6-11(8-14(13)19-10)17-9-15(20)12-4-2-3-5-16(12)21-17/h2-9H,1H3,(H,18,19). The van der Waals surface area contributed by atoms with Gasteiger partial charge in [0.2, 0.25) is 0 Å². The number of benzene rings is 2. The third kappa shape index (κ3) is 1.92. The van der Waals surface area contributed by atoms with Crippen LogP contribution in [0, 0.1) is 6.92 Å². The highest BCUT2D eigenvalue weighted by molar-refractivity contribution is 5.83. The number of imidazole rings is 1. The summed E-state index contributed by atoms with van der Waals surface area (Å²) in [6, 6.07) is 14.6. The maximum atomic E-state index is 12.2. The van der Waals surface area contributed by atoms with E-state index in [1.165, 1.54) is 6.07 Å². The number of hydrogen-bond donors (Lipinski definition) is 1. The monoisotopic (exact) mass is 276 g/mol. The number of fused-ring (bicyclic) bond motifs is 2. The van der Waals surface area contributed by atoms with Crippen LogP contribution in [0.4, 0.5) is 0 Å². The number of para-hydroxylation sites is 1. The van der Waals surface area contributed by atoms with Gasteiger partial charge in [0.05, 0.1) is 16.4 Å². The fraction of sp³-hybridized carbons (Fsp3) is 0.0588. The number of rotatable bonds is 1. The molecule has 0 atom stereocenters. The van der Waals surface area contributed by atoms with Crippen LogP contribution in [0.25, 0.3) is 33.3 Å². The van der Waals surface area contributed by atoms with Crippen molar-refractivity contribution in [1.29, 1.82) is 0 Å². The minimum Gasteiger partial charge on any atom is -0.456 e. The van der Waals surface area contributed by atoms with Crippen molar-refractivity contribution in [2.75, 3.05) is 0 Å². The van der Waals surface area contributed by atoms with E-state index in [0.717, 1.165) is 22.4 Å². The van der Waals surface area contributed by atoms with Gasteiger partial charge in [0, 0.05) is 11.6 Å². The fourth-order valence-electron chi connectivity index (χ4n) is 2.54. The highest BCUT2D eigenvalue weighted by Crippen LogP contribution is 2.25. The normalized spacial score (nSPS) is 11.3. The van der Waals surface area contributed by atoms with Gasteiger partial charge in [0.1, 0.15) is 17.2 Å². The molecule has 0 spiro atoms. The summed E-state index contributed by atoms with van der Waals surface area (Å²) in [5, 5.41) is 0.597. The number of nitrogens with one attached hydrogen (secondary N) is 1. The van der Waals surface area contributed by atoms with Crippen LogP contribution in [0.1, 0.15) is 5.82 Å². The molecule has 0 bridgehead atoms. The van der Waals surface area contributed by atoms with Gasteiger partial charge in [-0.3, -0.25) is 4.79 Å². The second kappa shape index (κ2) is 4.31. The molecule has 0 amide bonds. The van der Waals surface area contributed by atoms with Gasteiger partial charge in [0.15, 0.2) is 5.43 Å². The molecule has 0 fully saturated rings. The highest BCUT2D eigenvalue weighted by atomic mass is 16.3. The Morgan fingerprint density at radius 3 is 2.86 bits per heavy atom. The second-order valence-corrected chi connectivity index (χ2v) is 5.03. The molecule has 102 valence electrons. The van der Waals surface area contributed by atoms with Gasteiger partial charge in [-0.2, -0.15) is 0 Å². The molecular weight excluding hydrogens is 264 g/mol. The van der Waals surface area contributed by atoms with Gasteiger partial charge in [0.25, 0.3) is 0 Å². The van der Waals surface area contributed by atoms with Crippen molar-refractivity contribution < 1.29 is 4.42 Å². The third-order valence-electron chi connectivity index (χ3n) is 3.52. The van der Waals surface area contributed by atoms with E-state index >= 15 is 0 Å². The smallest absolute Gasteiger partial charge is 0.193 e.